The van der Waals surface area contributed by atoms with E-state index in [9.17, 15) is 14.4 Å². The molecule has 0 aromatic carbocycles. The molecule has 0 saturated carbocycles. The number of carbonyl (C=O) groups is 3. The summed E-state index contributed by atoms with van der Waals surface area (Å²) < 4.78 is 16.8. The number of ether oxygens (including phenoxy) is 3. The molecule has 1 atom stereocenters. The minimum absolute atomic E-state index is 0.0911. The highest BCUT2D eigenvalue weighted by Crippen LogP contribution is 2.14. The van der Waals surface area contributed by atoms with Crippen molar-refractivity contribution >= 4 is 17.9 Å². The molecule has 0 fully saturated rings. The molecule has 0 saturated heterocycles. The molecule has 0 aromatic rings. The molecule has 72 heavy (non-hydrogen) atoms. The van der Waals surface area contributed by atoms with Gasteiger partial charge in [-0.15, -0.1) is 0 Å². The van der Waals surface area contributed by atoms with Crippen LogP contribution >= 0.6 is 0 Å². The lowest BCUT2D eigenvalue weighted by atomic mass is 10.1. The summed E-state index contributed by atoms with van der Waals surface area (Å²) in [5.41, 5.74) is 0. The lowest BCUT2D eigenvalue weighted by molar-refractivity contribution is -0.167. The molecule has 0 bridgehead atoms. The minimum Gasteiger partial charge on any atom is -0.462 e. The first-order chi connectivity index (χ1) is 35.5. The predicted octanol–water partition coefficient (Wildman–Crippen LogP) is 20.0. The summed E-state index contributed by atoms with van der Waals surface area (Å²) in [6.45, 7) is 6.43. The van der Waals surface area contributed by atoms with E-state index in [1.165, 1.54) is 83.5 Å². The smallest absolute Gasteiger partial charge is 0.306 e. The van der Waals surface area contributed by atoms with E-state index in [2.05, 4.69) is 142 Å². The second-order valence-corrected chi connectivity index (χ2v) is 19.2. The van der Waals surface area contributed by atoms with Gasteiger partial charge in [0.25, 0.3) is 0 Å². The van der Waals surface area contributed by atoms with E-state index in [1.807, 2.05) is 0 Å². The van der Waals surface area contributed by atoms with Gasteiger partial charge in [-0.3, -0.25) is 14.4 Å². The Kier molecular flexibility index (Phi) is 55.9. The molecular weight excluding hydrogens is 889 g/mol. The summed E-state index contributed by atoms with van der Waals surface area (Å²) in [5, 5.41) is 0. The first kappa shape index (κ1) is 67.8. The SMILES string of the molecule is CC/C=C\C/C=C\C/C=C\C/C=C\C/C=C\C/C=C\C/C=C\C/C=C\CCCCCCC(=O)OCC(COC(=O)CCCCCCCCC)OC(=O)CCCCCCCCC/C=C\C/C=C\CCCCCC. The van der Waals surface area contributed by atoms with Gasteiger partial charge in [-0.2, -0.15) is 0 Å². The van der Waals surface area contributed by atoms with Crippen LogP contribution in [0.1, 0.15) is 258 Å². The molecule has 6 heteroatoms. The average molecular weight is 998 g/mol. The number of esters is 3. The van der Waals surface area contributed by atoms with E-state index in [1.54, 1.807) is 0 Å². The van der Waals surface area contributed by atoms with Crippen LogP contribution in [0.2, 0.25) is 0 Å². The average Bonchev–Trinajstić information content (AvgIpc) is 3.38. The third-order valence-electron chi connectivity index (χ3n) is 12.2. The molecule has 408 valence electrons. The Morgan fingerprint density at radius 1 is 0.292 bits per heavy atom. The van der Waals surface area contributed by atoms with Gasteiger partial charge >= 0.3 is 17.9 Å². The molecule has 0 spiro atoms. The maximum absolute atomic E-state index is 12.8. The molecule has 0 heterocycles. The largest absolute Gasteiger partial charge is 0.462 e. The highest BCUT2D eigenvalue weighted by Gasteiger charge is 2.19. The van der Waals surface area contributed by atoms with E-state index in [-0.39, 0.29) is 31.1 Å². The molecular formula is C66H108O6. The fourth-order valence-electron chi connectivity index (χ4n) is 7.78. The normalized spacial score (nSPS) is 13.0. The van der Waals surface area contributed by atoms with Crippen molar-refractivity contribution in [1.29, 1.82) is 0 Å². The maximum atomic E-state index is 12.8. The summed E-state index contributed by atoms with van der Waals surface area (Å²) in [6, 6.07) is 0. The number of unbranched alkanes of at least 4 members (excludes halogenated alkanes) is 21. The monoisotopic (exact) mass is 997 g/mol. The first-order valence-corrected chi connectivity index (χ1v) is 29.5. The van der Waals surface area contributed by atoms with Gasteiger partial charge in [-0.25, -0.2) is 0 Å². The van der Waals surface area contributed by atoms with Crippen LogP contribution in [0.25, 0.3) is 0 Å². The molecule has 0 aromatic heterocycles. The van der Waals surface area contributed by atoms with Crippen molar-refractivity contribution in [2.24, 2.45) is 0 Å². The number of hydrogen-bond acceptors (Lipinski definition) is 6. The van der Waals surface area contributed by atoms with E-state index in [0.29, 0.717) is 19.3 Å². The Labute approximate surface area is 443 Å². The number of allylic oxidation sites excluding steroid dienone is 20. The van der Waals surface area contributed by atoms with Crippen LogP contribution < -0.4 is 0 Å². The lowest BCUT2D eigenvalue weighted by Gasteiger charge is -2.18. The van der Waals surface area contributed by atoms with Gasteiger partial charge in [-0.1, -0.05) is 245 Å². The Hall–Kier alpha value is -4.19. The second kappa shape index (κ2) is 59.4. The highest BCUT2D eigenvalue weighted by atomic mass is 16.6. The van der Waals surface area contributed by atoms with Gasteiger partial charge < -0.3 is 14.2 Å². The molecule has 0 aliphatic rings. The quantitative estimate of drug-likeness (QED) is 0.0261. The van der Waals surface area contributed by atoms with Crippen LogP contribution in [0, 0.1) is 0 Å². The van der Waals surface area contributed by atoms with Gasteiger partial charge in [0.05, 0.1) is 0 Å². The fraction of sp³-hybridized carbons (Fsp3) is 0.652. The topological polar surface area (TPSA) is 78.9 Å². The van der Waals surface area contributed by atoms with E-state index in [4.69, 9.17) is 14.2 Å². The standard InChI is InChI=1S/C66H108O6/c1-4-7-10-13-16-18-20-22-24-26-28-29-30-31-32-33-34-35-36-37-38-40-41-43-45-47-50-53-56-59-65(68)71-62-63(61-70-64(67)58-55-52-49-15-12-9-6-3)72-66(69)60-57-54-51-48-46-44-42-39-27-25-23-21-19-17-14-11-8-5-2/h7,10,16,18-19,21-22,24-25,27-29,31-32,34-35,37-38,41,43,63H,4-6,8-9,11-15,17,20,23,26,30,33,36,39-40,42,44-62H2,1-3H3/b10-7-,18-16-,21-19-,24-22-,27-25-,29-28-,32-31-,35-34-,38-37-,43-41-. The fourth-order valence-corrected chi connectivity index (χ4v) is 7.78. The molecule has 0 amide bonds. The highest BCUT2D eigenvalue weighted by molar-refractivity contribution is 5.71. The van der Waals surface area contributed by atoms with Gasteiger partial charge in [-0.05, 0) is 116 Å². The van der Waals surface area contributed by atoms with E-state index < -0.39 is 6.10 Å². The third-order valence-corrected chi connectivity index (χ3v) is 12.2. The summed E-state index contributed by atoms with van der Waals surface area (Å²) >= 11 is 0. The van der Waals surface area contributed by atoms with Crippen molar-refractivity contribution in [1.82, 2.24) is 0 Å². The predicted molar refractivity (Wildman–Crippen MR) is 311 cm³/mol. The van der Waals surface area contributed by atoms with Crippen LogP contribution in [0.4, 0.5) is 0 Å². The molecule has 1 unspecified atom stereocenters. The van der Waals surface area contributed by atoms with E-state index >= 15 is 0 Å². The number of hydrogen-bond donors (Lipinski definition) is 0. The van der Waals surface area contributed by atoms with Gasteiger partial charge in [0.2, 0.25) is 0 Å². The van der Waals surface area contributed by atoms with Crippen molar-refractivity contribution in [2.75, 3.05) is 13.2 Å². The zero-order valence-electron chi connectivity index (χ0n) is 46.7. The molecule has 0 N–H and O–H groups in total. The summed E-state index contributed by atoms with van der Waals surface area (Å²) in [6.07, 6.45) is 82.1. The zero-order valence-corrected chi connectivity index (χ0v) is 46.7. The van der Waals surface area contributed by atoms with Crippen LogP contribution in [-0.4, -0.2) is 37.2 Å². The Morgan fingerprint density at radius 2 is 0.542 bits per heavy atom. The zero-order chi connectivity index (χ0) is 52.2. The van der Waals surface area contributed by atoms with Crippen molar-refractivity contribution in [3.63, 3.8) is 0 Å². The first-order valence-electron chi connectivity index (χ1n) is 29.5. The number of rotatable bonds is 52. The van der Waals surface area contributed by atoms with Crippen molar-refractivity contribution in [2.45, 2.75) is 264 Å². The Balaban J connectivity index is 4.27. The molecule has 0 rings (SSSR count). The van der Waals surface area contributed by atoms with Crippen LogP contribution in [0.15, 0.2) is 122 Å². The summed E-state index contributed by atoms with van der Waals surface area (Å²) in [7, 11) is 0. The summed E-state index contributed by atoms with van der Waals surface area (Å²) in [5.74, 6) is -0.933. The van der Waals surface area contributed by atoms with Gasteiger partial charge in [0.1, 0.15) is 13.2 Å². The van der Waals surface area contributed by atoms with Gasteiger partial charge in [0, 0.05) is 19.3 Å². The van der Waals surface area contributed by atoms with E-state index in [0.717, 1.165) is 135 Å². The molecule has 6 nitrogen and oxygen atoms in total. The molecule has 0 aliphatic carbocycles. The Bertz CT molecular complexity index is 1520. The minimum atomic E-state index is -0.793. The molecule has 0 aliphatic heterocycles. The van der Waals surface area contributed by atoms with Crippen molar-refractivity contribution in [3.8, 4) is 0 Å². The second-order valence-electron chi connectivity index (χ2n) is 19.2. The van der Waals surface area contributed by atoms with Crippen molar-refractivity contribution in [3.05, 3.63) is 122 Å². The van der Waals surface area contributed by atoms with Crippen molar-refractivity contribution < 1.29 is 28.6 Å². The maximum Gasteiger partial charge on any atom is 0.306 e. The lowest BCUT2D eigenvalue weighted by Crippen LogP contribution is -2.30. The van der Waals surface area contributed by atoms with Crippen LogP contribution in [-0.2, 0) is 28.6 Å². The van der Waals surface area contributed by atoms with Gasteiger partial charge in [0.15, 0.2) is 6.10 Å². The summed E-state index contributed by atoms with van der Waals surface area (Å²) in [4.78, 5) is 38.0. The van der Waals surface area contributed by atoms with Crippen LogP contribution in [0.3, 0.4) is 0 Å². The molecule has 0 radical (unpaired) electrons. The third kappa shape index (κ3) is 56.7. The van der Waals surface area contributed by atoms with Crippen LogP contribution in [0.5, 0.6) is 0 Å². The Morgan fingerprint density at radius 3 is 0.861 bits per heavy atom. The number of carbonyl (C=O) groups excluding carboxylic acids is 3.